The van der Waals surface area contributed by atoms with E-state index in [1.54, 1.807) is 11.3 Å². The summed E-state index contributed by atoms with van der Waals surface area (Å²) in [6.07, 6.45) is 7.50. The largest absolute Gasteiger partial charge is 0.382 e. The Bertz CT molecular complexity index is 1500. The zero-order chi connectivity index (χ0) is 23.2. The summed E-state index contributed by atoms with van der Waals surface area (Å²) in [4.78, 5) is 19.8. The third-order valence-electron chi connectivity index (χ3n) is 5.93. The van der Waals surface area contributed by atoms with Crippen LogP contribution in [0.25, 0.3) is 32.6 Å². The topological polar surface area (TPSA) is 90.5 Å². The number of hydrogen-bond donors (Lipinski definition) is 4. The van der Waals surface area contributed by atoms with Crippen molar-refractivity contribution in [1.29, 1.82) is 0 Å². The molecule has 1 atom stereocenters. The molecule has 4 N–H and O–H groups in total. The maximum Gasteiger partial charge on any atom is 0.130 e. The maximum atomic E-state index is 5.01. The number of aryl methyl sites for hydroxylation is 1. The monoisotopic (exact) mass is 467 g/mol. The summed E-state index contributed by atoms with van der Waals surface area (Å²) >= 11 is 1.76. The predicted molar refractivity (Wildman–Crippen MR) is 139 cm³/mol. The normalized spacial score (nSPS) is 15.0. The molecule has 0 fully saturated rings. The van der Waals surface area contributed by atoms with Gasteiger partial charge in [-0.25, -0.2) is 10.4 Å². The van der Waals surface area contributed by atoms with Crippen LogP contribution < -0.4 is 16.2 Å². The highest BCUT2D eigenvalue weighted by molar-refractivity contribution is 7.15. The molecule has 0 saturated heterocycles. The molecule has 1 aliphatic rings. The lowest BCUT2D eigenvalue weighted by Gasteiger charge is -2.12. The molecule has 0 aliphatic carbocycles. The third kappa shape index (κ3) is 3.70. The average Bonchev–Trinajstić information content (AvgIpc) is 3.55. The number of rotatable bonds is 5. The molecule has 6 rings (SSSR count). The molecule has 7 nitrogen and oxygen atoms in total. The van der Waals surface area contributed by atoms with Crippen molar-refractivity contribution in [2.75, 3.05) is 10.7 Å². The molecule has 0 saturated carbocycles. The molecule has 5 heterocycles. The van der Waals surface area contributed by atoms with E-state index in [9.17, 15) is 0 Å². The zero-order valence-electron chi connectivity index (χ0n) is 19.2. The van der Waals surface area contributed by atoms with Crippen molar-refractivity contribution >= 4 is 33.7 Å². The van der Waals surface area contributed by atoms with Crippen molar-refractivity contribution in [2.45, 2.75) is 32.9 Å². The van der Waals surface area contributed by atoms with Gasteiger partial charge < -0.3 is 15.7 Å². The molecule has 34 heavy (non-hydrogen) atoms. The third-order valence-corrected chi connectivity index (χ3v) is 6.97. The Balaban J connectivity index is 1.38. The first-order valence-corrected chi connectivity index (χ1v) is 12.1. The number of hydrazine groups is 1. The molecule has 5 aromatic rings. The van der Waals surface area contributed by atoms with E-state index in [1.165, 1.54) is 9.75 Å². The van der Waals surface area contributed by atoms with Crippen LogP contribution in [0.4, 0.5) is 11.4 Å². The van der Waals surface area contributed by atoms with E-state index < -0.39 is 0 Å². The van der Waals surface area contributed by atoms with Gasteiger partial charge in [-0.1, -0.05) is 6.07 Å². The number of fused-ring (bicyclic) bond motifs is 2. The van der Waals surface area contributed by atoms with Gasteiger partial charge in [0.2, 0.25) is 0 Å². The number of pyridine rings is 2. The van der Waals surface area contributed by atoms with Gasteiger partial charge >= 0.3 is 0 Å². The fraction of sp³-hybridized carbons (Fsp3) is 0.192. The number of benzene rings is 1. The Morgan fingerprint density at radius 2 is 1.85 bits per heavy atom. The Morgan fingerprint density at radius 3 is 2.68 bits per heavy atom. The molecule has 1 aliphatic heterocycles. The minimum Gasteiger partial charge on any atom is -0.382 e. The van der Waals surface area contributed by atoms with Crippen molar-refractivity contribution < 1.29 is 0 Å². The molecular weight excluding hydrogens is 442 g/mol. The van der Waals surface area contributed by atoms with Crippen molar-refractivity contribution in [1.82, 2.24) is 25.4 Å². The van der Waals surface area contributed by atoms with Crippen LogP contribution in [0.5, 0.6) is 0 Å². The molecule has 1 aromatic carbocycles. The SMILES string of the molecule is Cc1ccc(-c2cncc3[nH]c(C4NNc5ccc(-c6cncc(NC(C)C)c6)cc54)nc23)s1. The average molecular weight is 468 g/mol. The second-order valence-electron chi connectivity index (χ2n) is 8.88. The van der Waals surface area contributed by atoms with Gasteiger partial charge in [0.15, 0.2) is 0 Å². The minimum atomic E-state index is -0.106. The van der Waals surface area contributed by atoms with Gasteiger partial charge in [0.05, 0.1) is 23.1 Å². The first-order valence-electron chi connectivity index (χ1n) is 11.3. The van der Waals surface area contributed by atoms with E-state index in [2.05, 4.69) is 88.3 Å². The van der Waals surface area contributed by atoms with E-state index >= 15 is 0 Å². The highest BCUT2D eigenvalue weighted by atomic mass is 32.1. The number of nitrogens with one attached hydrogen (secondary N) is 4. The number of aromatic amines is 1. The van der Waals surface area contributed by atoms with Gasteiger partial charge in [0, 0.05) is 51.1 Å². The summed E-state index contributed by atoms with van der Waals surface area (Å²) in [5.41, 5.74) is 15.0. The molecule has 170 valence electrons. The van der Waals surface area contributed by atoms with E-state index in [1.807, 2.05) is 24.8 Å². The van der Waals surface area contributed by atoms with Crippen LogP contribution in [0.3, 0.4) is 0 Å². The Kier molecular flexibility index (Phi) is 5.04. The molecule has 0 spiro atoms. The second-order valence-corrected chi connectivity index (χ2v) is 10.2. The molecular formula is C26H25N7S. The van der Waals surface area contributed by atoms with Crippen molar-refractivity contribution in [3.05, 3.63) is 77.5 Å². The molecule has 0 bridgehead atoms. The quantitative estimate of drug-likeness (QED) is 0.257. The van der Waals surface area contributed by atoms with Gasteiger partial charge in [-0.3, -0.25) is 9.97 Å². The first-order chi connectivity index (χ1) is 16.5. The summed E-state index contributed by atoms with van der Waals surface area (Å²) in [5.74, 6) is 0.856. The van der Waals surface area contributed by atoms with E-state index in [-0.39, 0.29) is 6.04 Å². The lowest BCUT2D eigenvalue weighted by Crippen LogP contribution is -2.20. The fourth-order valence-electron chi connectivity index (χ4n) is 4.40. The summed E-state index contributed by atoms with van der Waals surface area (Å²) in [5, 5.41) is 3.43. The minimum absolute atomic E-state index is 0.106. The highest BCUT2D eigenvalue weighted by Gasteiger charge is 2.27. The van der Waals surface area contributed by atoms with Crippen molar-refractivity contribution in [3.8, 4) is 21.6 Å². The first kappa shape index (κ1) is 20.8. The van der Waals surface area contributed by atoms with Crippen LogP contribution in [0.2, 0.25) is 0 Å². The standard InChI is InChI=1S/C26H25N7S/c1-14(2)29-18-8-17(10-27-11-18)16-5-6-21-19(9-16)25(33-32-21)26-30-22-13-28-12-20(24(22)31-26)23-7-4-15(3)34-23/h4-14,25,29,32-33H,1-3H3,(H,30,31). The van der Waals surface area contributed by atoms with Crippen LogP contribution in [0, 0.1) is 6.92 Å². The summed E-state index contributed by atoms with van der Waals surface area (Å²) < 4.78 is 0. The highest BCUT2D eigenvalue weighted by Crippen LogP contribution is 2.38. The van der Waals surface area contributed by atoms with Gasteiger partial charge in [-0.15, -0.1) is 11.3 Å². The van der Waals surface area contributed by atoms with Crippen molar-refractivity contribution in [2.24, 2.45) is 0 Å². The number of nitrogens with zero attached hydrogens (tertiary/aromatic N) is 3. The van der Waals surface area contributed by atoms with E-state index in [0.29, 0.717) is 6.04 Å². The van der Waals surface area contributed by atoms with Gasteiger partial charge in [-0.05, 0) is 56.7 Å². The number of H-pyrrole nitrogens is 1. The zero-order valence-corrected chi connectivity index (χ0v) is 20.0. The van der Waals surface area contributed by atoms with Crippen LogP contribution in [-0.2, 0) is 0 Å². The molecule has 4 aromatic heterocycles. The van der Waals surface area contributed by atoms with Crippen LogP contribution in [0.15, 0.2) is 61.2 Å². The van der Waals surface area contributed by atoms with Crippen LogP contribution in [-0.4, -0.2) is 26.0 Å². The lowest BCUT2D eigenvalue weighted by molar-refractivity contribution is 0.690. The van der Waals surface area contributed by atoms with Gasteiger partial charge in [-0.2, -0.15) is 0 Å². The van der Waals surface area contributed by atoms with Crippen molar-refractivity contribution in [3.63, 3.8) is 0 Å². The summed E-state index contributed by atoms with van der Waals surface area (Å²) in [7, 11) is 0. The Morgan fingerprint density at radius 1 is 0.971 bits per heavy atom. The fourth-order valence-corrected chi connectivity index (χ4v) is 5.28. The maximum absolute atomic E-state index is 5.01. The predicted octanol–water partition coefficient (Wildman–Crippen LogP) is 5.90. The lowest BCUT2D eigenvalue weighted by atomic mass is 9.99. The number of aromatic nitrogens is 4. The van der Waals surface area contributed by atoms with E-state index in [4.69, 9.17) is 4.98 Å². The summed E-state index contributed by atoms with van der Waals surface area (Å²) in [6.45, 7) is 6.36. The number of imidazole rings is 1. The van der Waals surface area contributed by atoms with Gasteiger partial charge in [0.25, 0.3) is 0 Å². The Labute approximate surface area is 201 Å². The second kappa shape index (κ2) is 8.23. The molecule has 1 unspecified atom stereocenters. The number of hydrogen-bond acceptors (Lipinski definition) is 7. The molecule has 8 heteroatoms. The molecule has 0 radical (unpaired) electrons. The number of thiophene rings is 1. The van der Waals surface area contributed by atoms with Crippen LogP contribution >= 0.6 is 11.3 Å². The van der Waals surface area contributed by atoms with E-state index in [0.717, 1.165) is 50.5 Å². The smallest absolute Gasteiger partial charge is 0.130 e. The van der Waals surface area contributed by atoms with Crippen LogP contribution in [0.1, 0.15) is 36.2 Å². The van der Waals surface area contributed by atoms with Gasteiger partial charge in [0.1, 0.15) is 17.4 Å². The Hall–Kier alpha value is -3.75. The number of anilines is 2. The summed E-state index contributed by atoms with van der Waals surface area (Å²) in [6, 6.07) is 13.1. The molecule has 0 amide bonds.